The quantitative estimate of drug-likeness (QED) is 0.742. The molecule has 2 aromatic rings. The molecule has 0 saturated heterocycles. The molecule has 3 N–H and O–H groups in total. The molecule has 7 heteroatoms. The second-order valence-electron chi connectivity index (χ2n) is 6.24. The number of ether oxygens (including phenoxy) is 1. The second-order valence-corrected chi connectivity index (χ2v) is 7.28. The van der Waals surface area contributed by atoms with Gasteiger partial charge in [-0.2, -0.15) is 0 Å². The van der Waals surface area contributed by atoms with E-state index in [1.165, 1.54) is 0 Å². The molecule has 0 aliphatic carbocycles. The number of methoxy groups -OCH3 is 1. The van der Waals surface area contributed by atoms with Crippen molar-refractivity contribution in [3.63, 3.8) is 0 Å². The van der Waals surface area contributed by atoms with Gasteiger partial charge in [0.25, 0.3) is 0 Å². The summed E-state index contributed by atoms with van der Waals surface area (Å²) in [7, 11) is 1.59. The highest BCUT2D eigenvalue weighted by Crippen LogP contribution is 2.22. The fourth-order valence-electron chi connectivity index (χ4n) is 2.32. The lowest BCUT2D eigenvalue weighted by Gasteiger charge is -2.23. The van der Waals surface area contributed by atoms with E-state index in [9.17, 15) is 9.59 Å². The molecule has 2 amide bonds. The molecular formula is C19H25N3O3S. The van der Waals surface area contributed by atoms with Crippen molar-refractivity contribution < 1.29 is 14.3 Å². The second kappa shape index (κ2) is 9.35. The summed E-state index contributed by atoms with van der Waals surface area (Å²) in [5.74, 6) is 0.203. The van der Waals surface area contributed by atoms with E-state index < -0.39 is 6.04 Å². The molecular weight excluding hydrogens is 350 g/mol. The number of hydrogen-bond acceptors (Lipinski definition) is 5. The van der Waals surface area contributed by atoms with Gasteiger partial charge in [-0.25, -0.2) is 0 Å². The molecule has 0 radical (unpaired) electrons. The van der Waals surface area contributed by atoms with Gasteiger partial charge in [0.1, 0.15) is 5.75 Å². The highest BCUT2D eigenvalue weighted by molar-refractivity contribution is 7.09. The Hall–Kier alpha value is -2.38. The lowest BCUT2D eigenvalue weighted by atomic mass is 10.1. The van der Waals surface area contributed by atoms with Crippen LogP contribution >= 0.6 is 11.3 Å². The lowest BCUT2D eigenvalue weighted by Crippen LogP contribution is -2.47. The number of hydrogen-bond donors (Lipinski definition) is 2. The van der Waals surface area contributed by atoms with E-state index in [1.54, 1.807) is 35.5 Å². The number of nitrogens with zero attached hydrogens (tertiary/aromatic N) is 1. The van der Waals surface area contributed by atoms with Crippen molar-refractivity contribution >= 4 is 28.8 Å². The van der Waals surface area contributed by atoms with Gasteiger partial charge in [-0.15, -0.1) is 11.3 Å². The van der Waals surface area contributed by atoms with Gasteiger partial charge in [-0.1, -0.05) is 19.9 Å². The fourth-order valence-corrected chi connectivity index (χ4v) is 3.02. The average molecular weight is 375 g/mol. The maximum atomic E-state index is 12.8. The number of carbonyl (C=O) groups is 2. The first kappa shape index (κ1) is 19.9. The normalized spacial score (nSPS) is 11.9. The van der Waals surface area contributed by atoms with E-state index in [1.807, 2.05) is 43.5 Å². The standard InChI is InChI=1S/C19H25N3O3S/c1-13(2)18(20)19(24)21-11-17(23)22(12-16-5-4-10-26-16)14-6-8-15(25-3)9-7-14/h4-10,13,18H,11-12,20H2,1-3H3,(H,21,24)/t18-/m0/s1. The van der Waals surface area contributed by atoms with Crippen LogP contribution in [0.4, 0.5) is 5.69 Å². The van der Waals surface area contributed by atoms with Gasteiger partial charge < -0.3 is 20.7 Å². The molecule has 0 spiro atoms. The SMILES string of the molecule is COc1ccc(N(Cc2cccs2)C(=O)CNC(=O)[C@@H](N)C(C)C)cc1. The van der Waals surface area contributed by atoms with Crippen molar-refractivity contribution in [2.45, 2.75) is 26.4 Å². The molecule has 6 nitrogen and oxygen atoms in total. The number of nitrogens with one attached hydrogen (secondary N) is 1. The zero-order chi connectivity index (χ0) is 19.1. The van der Waals surface area contributed by atoms with E-state index in [-0.39, 0.29) is 24.3 Å². The molecule has 0 bridgehead atoms. The van der Waals surface area contributed by atoms with Crippen LogP contribution < -0.4 is 20.7 Å². The Labute approximate surface area is 157 Å². The van der Waals surface area contributed by atoms with E-state index in [0.29, 0.717) is 12.3 Å². The average Bonchev–Trinajstić information content (AvgIpc) is 3.16. The van der Waals surface area contributed by atoms with Crippen molar-refractivity contribution in [1.82, 2.24) is 5.32 Å². The maximum Gasteiger partial charge on any atom is 0.246 e. The third kappa shape index (κ3) is 5.31. The Kier molecular flexibility index (Phi) is 7.17. The first-order chi connectivity index (χ1) is 12.4. The first-order valence-corrected chi connectivity index (χ1v) is 9.30. The Bertz CT molecular complexity index is 714. The van der Waals surface area contributed by atoms with Crippen molar-refractivity contribution in [2.24, 2.45) is 11.7 Å². The topological polar surface area (TPSA) is 84.7 Å². The summed E-state index contributed by atoms with van der Waals surface area (Å²) in [5.41, 5.74) is 6.57. The largest absolute Gasteiger partial charge is 0.497 e. The van der Waals surface area contributed by atoms with Crippen LogP contribution in [0.25, 0.3) is 0 Å². The summed E-state index contributed by atoms with van der Waals surface area (Å²) in [5, 5.41) is 4.61. The molecule has 1 aromatic heterocycles. The molecule has 0 unspecified atom stereocenters. The molecule has 1 atom stereocenters. The minimum absolute atomic E-state index is 0.00825. The predicted octanol–water partition coefficient (Wildman–Crippen LogP) is 2.39. The van der Waals surface area contributed by atoms with Gasteiger partial charge in [0.15, 0.2) is 0 Å². The number of amides is 2. The third-order valence-electron chi connectivity index (χ3n) is 4.01. The Morgan fingerprint density at radius 2 is 1.92 bits per heavy atom. The summed E-state index contributed by atoms with van der Waals surface area (Å²) >= 11 is 1.58. The molecule has 1 heterocycles. The highest BCUT2D eigenvalue weighted by atomic mass is 32.1. The van der Waals surface area contributed by atoms with Crippen LogP contribution in [0.3, 0.4) is 0 Å². The summed E-state index contributed by atoms with van der Waals surface area (Å²) in [6, 6.07) is 10.5. The predicted molar refractivity (Wildman–Crippen MR) is 104 cm³/mol. The Morgan fingerprint density at radius 3 is 2.46 bits per heavy atom. The third-order valence-corrected chi connectivity index (χ3v) is 4.88. The van der Waals surface area contributed by atoms with Crippen molar-refractivity contribution in [2.75, 3.05) is 18.6 Å². The van der Waals surface area contributed by atoms with Gasteiger partial charge in [-0.3, -0.25) is 9.59 Å². The van der Waals surface area contributed by atoms with Crippen molar-refractivity contribution in [3.05, 3.63) is 46.7 Å². The molecule has 1 aromatic carbocycles. The van der Waals surface area contributed by atoms with Crippen molar-refractivity contribution in [1.29, 1.82) is 0 Å². The van der Waals surface area contributed by atoms with Gasteiger partial charge in [0, 0.05) is 10.6 Å². The van der Waals surface area contributed by atoms with Gasteiger partial charge >= 0.3 is 0 Å². The zero-order valence-electron chi connectivity index (χ0n) is 15.3. The number of benzene rings is 1. The molecule has 0 aliphatic heterocycles. The molecule has 0 saturated carbocycles. The summed E-state index contributed by atoms with van der Waals surface area (Å²) in [4.78, 5) is 27.5. The van der Waals surface area contributed by atoms with Crippen LogP contribution in [-0.4, -0.2) is 31.5 Å². The maximum absolute atomic E-state index is 12.8. The minimum Gasteiger partial charge on any atom is -0.497 e. The Balaban J connectivity index is 2.11. The van der Waals surface area contributed by atoms with Gasteiger partial charge in [0.05, 0.1) is 26.2 Å². The first-order valence-electron chi connectivity index (χ1n) is 8.42. The molecule has 0 aliphatic rings. The van der Waals surface area contributed by atoms with E-state index >= 15 is 0 Å². The van der Waals surface area contributed by atoms with E-state index in [4.69, 9.17) is 10.5 Å². The smallest absolute Gasteiger partial charge is 0.246 e. The Morgan fingerprint density at radius 1 is 1.23 bits per heavy atom. The van der Waals surface area contributed by atoms with Crippen LogP contribution in [0.2, 0.25) is 0 Å². The highest BCUT2D eigenvalue weighted by Gasteiger charge is 2.21. The summed E-state index contributed by atoms with van der Waals surface area (Å²) in [6.45, 7) is 4.07. The minimum atomic E-state index is -0.630. The summed E-state index contributed by atoms with van der Waals surface area (Å²) in [6.07, 6.45) is 0. The fraction of sp³-hybridized carbons (Fsp3) is 0.368. The van der Waals surface area contributed by atoms with Crippen LogP contribution in [0.5, 0.6) is 5.75 Å². The van der Waals surface area contributed by atoms with Crippen LogP contribution in [-0.2, 0) is 16.1 Å². The van der Waals surface area contributed by atoms with Crippen LogP contribution in [0, 0.1) is 5.92 Å². The lowest BCUT2D eigenvalue weighted by molar-refractivity contribution is -0.126. The number of nitrogens with two attached hydrogens (primary N) is 1. The number of rotatable bonds is 8. The van der Waals surface area contributed by atoms with Gasteiger partial charge in [-0.05, 0) is 41.6 Å². The number of thiophene rings is 1. The van der Waals surface area contributed by atoms with Crippen LogP contribution in [0.1, 0.15) is 18.7 Å². The monoisotopic (exact) mass is 375 g/mol. The molecule has 140 valence electrons. The van der Waals surface area contributed by atoms with Crippen LogP contribution in [0.15, 0.2) is 41.8 Å². The number of carbonyl (C=O) groups excluding carboxylic acids is 2. The van der Waals surface area contributed by atoms with Gasteiger partial charge in [0.2, 0.25) is 11.8 Å². The van der Waals surface area contributed by atoms with E-state index in [0.717, 1.165) is 10.6 Å². The molecule has 26 heavy (non-hydrogen) atoms. The molecule has 0 fully saturated rings. The summed E-state index contributed by atoms with van der Waals surface area (Å²) < 4.78 is 5.17. The van der Waals surface area contributed by atoms with E-state index in [2.05, 4.69) is 5.32 Å². The number of anilines is 1. The zero-order valence-corrected chi connectivity index (χ0v) is 16.1. The van der Waals surface area contributed by atoms with Crippen molar-refractivity contribution in [3.8, 4) is 5.75 Å². The molecule has 2 rings (SSSR count).